The second-order valence-corrected chi connectivity index (χ2v) is 12.5. The molecule has 1 aliphatic rings. The minimum Gasteiger partial charge on any atom is -0.391 e. The van der Waals surface area contributed by atoms with Crippen LogP contribution in [0, 0.1) is 18.3 Å². The van der Waals surface area contributed by atoms with Crippen molar-refractivity contribution in [3.63, 3.8) is 0 Å². The minimum absolute atomic E-state index is 0.0250. The largest absolute Gasteiger partial charge is 0.391 e. The smallest absolute Gasteiger partial charge is 0.227 e. The van der Waals surface area contributed by atoms with Gasteiger partial charge in [0.25, 0.3) is 0 Å². The number of aliphatic hydroxyl groups excluding tert-OH is 1. The Balaban J connectivity index is 1.59. The number of aliphatic hydroxyl groups is 1. The van der Waals surface area contributed by atoms with Crippen LogP contribution in [0.25, 0.3) is 10.4 Å². The fourth-order valence-electron chi connectivity index (χ4n) is 5.00. The van der Waals surface area contributed by atoms with Gasteiger partial charge in [-0.2, -0.15) is 0 Å². The number of aryl methyl sites for hydroxylation is 2. The molecule has 0 unspecified atom stereocenters. The topological polar surface area (TPSA) is 106 Å². The molecule has 2 aromatic rings. The van der Waals surface area contributed by atoms with Crippen LogP contribution in [0.2, 0.25) is 0 Å². The molecule has 8 nitrogen and oxygen atoms in total. The number of Topliss-reactive ketones (excluding diaryl/α,β-unsaturated/α-hetero) is 2. The first kappa shape index (κ1) is 32.1. The van der Waals surface area contributed by atoms with Gasteiger partial charge in [-0.25, -0.2) is 4.98 Å². The molecule has 2 heterocycles. The average Bonchev–Trinajstić information content (AvgIpc) is 3.52. The second kappa shape index (κ2) is 15.0. The van der Waals surface area contributed by atoms with E-state index in [2.05, 4.69) is 4.98 Å². The van der Waals surface area contributed by atoms with Crippen molar-refractivity contribution in [2.75, 3.05) is 33.0 Å². The first-order valence-corrected chi connectivity index (χ1v) is 15.1. The van der Waals surface area contributed by atoms with E-state index in [1.165, 1.54) is 4.90 Å². The van der Waals surface area contributed by atoms with Crippen molar-refractivity contribution in [3.05, 3.63) is 41.0 Å². The molecule has 1 aromatic carbocycles. The van der Waals surface area contributed by atoms with Gasteiger partial charge in [0.2, 0.25) is 5.91 Å². The molecule has 1 saturated heterocycles. The number of ketones is 2. The third kappa shape index (κ3) is 9.03. The number of rotatable bonds is 15. The van der Waals surface area contributed by atoms with Gasteiger partial charge in [-0.1, -0.05) is 52.0 Å². The Morgan fingerprint density at radius 2 is 1.82 bits per heavy atom. The second-order valence-electron chi connectivity index (χ2n) is 11.7. The standard InChI is InChI=1S/C31H44N2O6S/c1-6-13-38-14-15-39-19-25(35)16-26(31(3,4)5)30(37)33-18-24(34)17-27(33)28(36)12-9-22-7-10-23(11-8-22)29-21(2)32-20-40-29/h7-8,10-11,20,24,26-27,34H,6,9,12-19H2,1-5H3/t24-,26-,27+/m1/s1. The quantitative estimate of drug-likeness (QED) is 0.310. The molecule has 0 aliphatic carbocycles. The Hall–Kier alpha value is -2.46. The van der Waals surface area contributed by atoms with Crippen LogP contribution in [-0.2, 0) is 30.3 Å². The van der Waals surface area contributed by atoms with Gasteiger partial charge in [-0.05, 0) is 36.3 Å². The molecule has 1 N–H and O–H groups in total. The molecule has 1 fully saturated rings. The van der Waals surface area contributed by atoms with E-state index in [9.17, 15) is 19.5 Å². The van der Waals surface area contributed by atoms with Gasteiger partial charge in [0.1, 0.15) is 6.61 Å². The first-order valence-electron chi connectivity index (χ1n) is 14.2. The summed E-state index contributed by atoms with van der Waals surface area (Å²) in [5, 5.41) is 10.4. The number of benzene rings is 1. The van der Waals surface area contributed by atoms with Crippen LogP contribution in [0.3, 0.4) is 0 Å². The number of hydrogen-bond acceptors (Lipinski definition) is 8. The number of amides is 1. The summed E-state index contributed by atoms with van der Waals surface area (Å²) in [7, 11) is 0. The molecule has 3 atom stereocenters. The van der Waals surface area contributed by atoms with E-state index in [1.807, 2.05) is 64.4 Å². The number of carbonyl (C=O) groups excluding carboxylic acids is 3. The Kier molecular flexibility index (Phi) is 12.0. The number of hydrogen-bond donors (Lipinski definition) is 1. The van der Waals surface area contributed by atoms with Gasteiger partial charge < -0.3 is 19.5 Å². The summed E-state index contributed by atoms with van der Waals surface area (Å²) in [5.74, 6) is -1.11. The molecule has 0 bridgehead atoms. The molecule has 0 radical (unpaired) electrons. The first-order chi connectivity index (χ1) is 19.0. The minimum atomic E-state index is -0.761. The monoisotopic (exact) mass is 572 g/mol. The number of aromatic nitrogens is 1. The molecule has 1 amide bonds. The van der Waals surface area contributed by atoms with Crippen LogP contribution in [0.5, 0.6) is 0 Å². The molecular formula is C31H44N2O6S. The average molecular weight is 573 g/mol. The lowest BCUT2D eigenvalue weighted by molar-refractivity contribution is -0.146. The van der Waals surface area contributed by atoms with E-state index >= 15 is 0 Å². The van der Waals surface area contributed by atoms with Crippen molar-refractivity contribution >= 4 is 28.8 Å². The van der Waals surface area contributed by atoms with Crippen molar-refractivity contribution in [1.82, 2.24) is 9.88 Å². The fourth-order valence-corrected chi connectivity index (χ4v) is 5.81. The number of nitrogens with zero attached hydrogens (tertiary/aromatic N) is 2. The van der Waals surface area contributed by atoms with Crippen molar-refractivity contribution in [1.29, 1.82) is 0 Å². The van der Waals surface area contributed by atoms with Gasteiger partial charge in [0.15, 0.2) is 11.6 Å². The third-order valence-electron chi connectivity index (χ3n) is 7.31. The van der Waals surface area contributed by atoms with E-state index in [-0.39, 0.29) is 49.9 Å². The Morgan fingerprint density at radius 1 is 1.12 bits per heavy atom. The predicted molar refractivity (Wildman–Crippen MR) is 156 cm³/mol. The number of ether oxygens (including phenoxy) is 2. The number of thiazole rings is 1. The van der Waals surface area contributed by atoms with E-state index in [1.54, 1.807) is 11.3 Å². The van der Waals surface area contributed by atoms with Crippen LogP contribution in [0.1, 0.15) is 64.6 Å². The lowest BCUT2D eigenvalue weighted by Crippen LogP contribution is -2.47. The Labute approximate surface area is 242 Å². The van der Waals surface area contributed by atoms with Gasteiger partial charge in [-0.3, -0.25) is 14.4 Å². The summed E-state index contributed by atoms with van der Waals surface area (Å²) in [6, 6.07) is 7.44. The van der Waals surface area contributed by atoms with Crippen LogP contribution >= 0.6 is 11.3 Å². The summed E-state index contributed by atoms with van der Waals surface area (Å²) in [4.78, 5) is 46.7. The van der Waals surface area contributed by atoms with Crippen LogP contribution in [-0.4, -0.2) is 77.6 Å². The van der Waals surface area contributed by atoms with Crippen molar-refractivity contribution < 1.29 is 29.0 Å². The van der Waals surface area contributed by atoms with E-state index in [0.717, 1.165) is 28.1 Å². The lowest BCUT2D eigenvalue weighted by atomic mass is 9.76. The number of likely N-dealkylation sites (tertiary alicyclic amines) is 1. The van der Waals surface area contributed by atoms with E-state index in [4.69, 9.17) is 9.47 Å². The van der Waals surface area contributed by atoms with Crippen molar-refractivity contribution in [2.45, 2.75) is 78.9 Å². The Morgan fingerprint density at radius 3 is 2.45 bits per heavy atom. The summed E-state index contributed by atoms with van der Waals surface area (Å²) >= 11 is 1.60. The summed E-state index contributed by atoms with van der Waals surface area (Å²) < 4.78 is 10.8. The van der Waals surface area contributed by atoms with Gasteiger partial charge in [0, 0.05) is 38.3 Å². The summed E-state index contributed by atoms with van der Waals surface area (Å²) in [5.41, 5.74) is 4.46. The maximum atomic E-state index is 13.7. The zero-order chi connectivity index (χ0) is 29.3. The van der Waals surface area contributed by atoms with Crippen LogP contribution < -0.4 is 0 Å². The highest BCUT2D eigenvalue weighted by molar-refractivity contribution is 7.13. The molecule has 9 heteroatoms. The van der Waals surface area contributed by atoms with Gasteiger partial charge in [-0.15, -0.1) is 11.3 Å². The van der Waals surface area contributed by atoms with Crippen LogP contribution in [0.4, 0.5) is 0 Å². The molecule has 3 rings (SSSR count). The molecular weight excluding hydrogens is 528 g/mol. The maximum absolute atomic E-state index is 13.7. The lowest BCUT2D eigenvalue weighted by Gasteiger charge is -2.34. The molecule has 0 saturated carbocycles. The highest BCUT2D eigenvalue weighted by Gasteiger charge is 2.44. The summed E-state index contributed by atoms with van der Waals surface area (Å²) in [6.45, 7) is 11.2. The van der Waals surface area contributed by atoms with Gasteiger partial charge in [0.05, 0.1) is 41.4 Å². The SMILES string of the molecule is CCCOCCOCC(=O)C[C@H](C(=O)N1C[C@H](O)C[C@H]1C(=O)CCc1ccc(-c2scnc2C)cc1)C(C)(C)C. The van der Waals surface area contributed by atoms with Gasteiger partial charge >= 0.3 is 0 Å². The summed E-state index contributed by atoms with van der Waals surface area (Å²) in [6.07, 6.45) is 1.23. The normalized spacial score (nSPS) is 18.2. The van der Waals surface area contributed by atoms with Crippen LogP contribution in [0.15, 0.2) is 29.8 Å². The van der Waals surface area contributed by atoms with E-state index < -0.39 is 23.5 Å². The van der Waals surface area contributed by atoms with Crippen molar-refractivity contribution in [2.24, 2.45) is 11.3 Å². The maximum Gasteiger partial charge on any atom is 0.227 e. The third-order valence-corrected chi connectivity index (χ3v) is 8.29. The zero-order valence-corrected chi connectivity index (χ0v) is 25.3. The fraction of sp³-hybridized carbons (Fsp3) is 0.613. The molecule has 1 aromatic heterocycles. The molecule has 1 aliphatic heterocycles. The van der Waals surface area contributed by atoms with Crippen molar-refractivity contribution in [3.8, 4) is 10.4 Å². The predicted octanol–water partition coefficient (Wildman–Crippen LogP) is 4.65. The zero-order valence-electron chi connectivity index (χ0n) is 24.5. The number of carbonyl (C=O) groups is 3. The highest BCUT2D eigenvalue weighted by Crippen LogP contribution is 2.34. The number of β-amino-alcohol motifs (C(OH)–C–C–N with tert-alkyl or cyclic N) is 1. The molecule has 0 spiro atoms. The Bertz CT molecular complexity index is 1120. The molecule has 220 valence electrons. The molecule has 40 heavy (non-hydrogen) atoms. The highest BCUT2D eigenvalue weighted by atomic mass is 32.1. The van der Waals surface area contributed by atoms with E-state index in [0.29, 0.717) is 26.2 Å².